The van der Waals surface area contributed by atoms with E-state index >= 15 is 0 Å². The van der Waals surface area contributed by atoms with Crippen molar-refractivity contribution in [2.75, 3.05) is 0 Å². The second-order valence-electron chi connectivity index (χ2n) is 6.06. The summed E-state index contributed by atoms with van der Waals surface area (Å²) in [5, 5.41) is 14.7. The quantitative estimate of drug-likeness (QED) is 0.290. The molecule has 3 aromatic rings. The number of nitro benzene ring substituents is 1. The summed E-state index contributed by atoms with van der Waals surface area (Å²) in [5.74, 6) is 0.514. The minimum absolute atomic E-state index is 0.0435. The fourth-order valence-corrected chi connectivity index (χ4v) is 3.83. The van der Waals surface area contributed by atoms with Crippen LogP contribution in [0.4, 0.5) is 11.4 Å². The highest BCUT2D eigenvalue weighted by molar-refractivity contribution is 8.18. The summed E-state index contributed by atoms with van der Waals surface area (Å²) >= 11 is 13.1. The lowest BCUT2D eigenvalue weighted by Gasteiger charge is -1.99. The minimum Gasteiger partial charge on any atom is -0.457 e. The number of rotatable bonds is 4. The second-order valence-corrected chi connectivity index (χ2v) is 7.90. The first-order chi connectivity index (χ1) is 14.4. The molecule has 1 fully saturated rings. The van der Waals surface area contributed by atoms with Crippen molar-refractivity contribution in [3.8, 4) is 11.3 Å². The van der Waals surface area contributed by atoms with E-state index in [2.05, 4.69) is 10.3 Å². The maximum Gasteiger partial charge on any atom is 0.288 e. The first kappa shape index (κ1) is 20.2. The molecule has 2 aromatic carbocycles. The number of hydrogen-bond acceptors (Lipinski definition) is 6. The van der Waals surface area contributed by atoms with Crippen LogP contribution >= 0.6 is 35.0 Å². The second kappa shape index (κ2) is 8.35. The van der Waals surface area contributed by atoms with Gasteiger partial charge in [-0.2, -0.15) is 0 Å². The minimum atomic E-state index is -0.559. The van der Waals surface area contributed by atoms with Crippen LogP contribution in [-0.4, -0.2) is 16.0 Å². The maximum atomic E-state index is 12.3. The van der Waals surface area contributed by atoms with Crippen LogP contribution in [0.15, 0.2) is 68.9 Å². The predicted molar refractivity (Wildman–Crippen MR) is 118 cm³/mol. The van der Waals surface area contributed by atoms with Gasteiger partial charge in [-0.1, -0.05) is 35.3 Å². The molecule has 0 saturated carbocycles. The molecule has 1 aliphatic rings. The standard InChI is InChI=1S/C20H11Cl2N3O4S/c21-13-3-1-2-4-15(13)23-20-24-19(26)18(30-20)10-12-6-8-17(29-12)11-5-7-14(22)16(9-11)25(27)28/h1-10H,(H,23,24,26)/b18-10-. The molecule has 30 heavy (non-hydrogen) atoms. The number of thioether (sulfide) groups is 1. The molecule has 7 nitrogen and oxygen atoms in total. The fraction of sp³-hybridized carbons (Fsp3) is 0. The van der Waals surface area contributed by atoms with Gasteiger partial charge >= 0.3 is 0 Å². The summed E-state index contributed by atoms with van der Waals surface area (Å²) in [6, 6.07) is 14.8. The van der Waals surface area contributed by atoms with Crippen molar-refractivity contribution in [2.24, 2.45) is 4.99 Å². The topological polar surface area (TPSA) is 97.7 Å². The zero-order valence-corrected chi connectivity index (χ0v) is 17.3. The highest BCUT2D eigenvalue weighted by Gasteiger charge is 2.24. The van der Waals surface area contributed by atoms with Crippen molar-refractivity contribution in [1.29, 1.82) is 0 Å². The molecule has 2 heterocycles. The number of amides is 1. The molecule has 1 N–H and O–H groups in total. The molecule has 1 aliphatic heterocycles. The number of furan rings is 1. The Bertz CT molecular complexity index is 1240. The third-order valence-corrected chi connectivity index (χ3v) is 5.60. The highest BCUT2D eigenvalue weighted by Crippen LogP contribution is 2.34. The molecule has 0 spiro atoms. The van der Waals surface area contributed by atoms with Crippen molar-refractivity contribution in [2.45, 2.75) is 0 Å². The Labute approximate surface area is 184 Å². The molecular weight excluding hydrogens is 449 g/mol. The number of para-hydroxylation sites is 1. The van der Waals surface area contributed by atoms with Crippen molar-refractivity contribution in [3.63, 3.8) is 0 Å². The molecule has 0 unspecified atom stereocenters. The van der Waals surface area contributed by atoms with Crippen molar-refractivity contribution in [3.05, 3.63) is 85.4 Å². The number of nitrogens with zero attached hydrogens (tertiary/aromatic N) is 2. The molecule has 0 aliphatic carbocycles. The summed E-state index contributed by atoms with van der Waals surface area (Å²) < 4.78 is 5.73. The first-order valence-corrected chi connectivity index (χ1v) is 10.1. The number of amidine groups is 1. The van der Waals surface area contributed by atoms with E-state index in [0.29, 0.717) is 37.9 Å². The number of nitro groups is 1. The monoisotopic (exact) mass is 459 g/mol. The number of nitrogens with one attached hydrogen (secondary N) is 1. The van der Waals surface area contributed by atoms with E-state index in [1.807, 2.05) is 0 Å². The lowest BCUT2D eigenvalue weighted by atomic mass is 10.1. The van der Waals surface area contributed by atoms with Gasteiger partial charge in [-0.15, -0.1) is 0 Å². The van der Waals surface area contributed by atoms with Crippen LogP contribution in [0, 0.1) is 10.1 Å². The molecule has 0 atom stereocenters. The van der Waals surface area contributed by atoms with E-state index in [0.717, 1.165) is 11.8 Å². The Morgan fingerprint density at radius 3 is 2.67 bits per heavy atom. The van der Waals surface area contributed by atoms with Gasteiger partial charge in [-0.05, 0) is 48.2 Å². The number of hydrogen-bond donors (Lipinski definition) is 1. The smallest absolute Gasteiger partial charge is 0.288 e. The predicted octanol–water partition coefficient (Wildman–Crippen LogP) is 6.05. The van der Waals surface area contributed by atoms with Crippen molar-refractivity contribution >= 4 is 63.5 Å². The first-order valence-electron chi connectivity index (χ1n) is 8.49. The summed E-state index contributed by atoms with van der Waals surface area (Å²) in [6.07, 6.45) is 1.57. The molecule has 0 radical (unpaired) electrons. The number of aliphatic imine (C=N–C) groups is 1. The molecule has 4 rings (SSSR count). The lowest BCUT2D eigenvalue weighted by molar-refractivity contribution is -0.384. The number of halogens is 2. The van der Waals surface area contributed by atoms with Gasteiger partial charge in [-0.3, -0.25) is 14.9 Å². The van der Waals surface area contributed by atoms with Crippen LogP contribution in [-0.2, 0) is 4.79 Å². The van der Waals surface area contributed by atoms with E-state index in [1.165, 1.54) is 12.1 Å². The molecule has 1 saturated heterocycles. The molecule has 1 amide bonds. The zero-order chi connectivity index (χ0) is 21.3. The largest absolute Gasteiger partial charge is 0.457 e. The SMILES string of the molecule is O=C1NC(=Nc2ccccc2Cl)S/C1=C\c1ccc(-c2ccc(Cl)c([N+](=O)[O-])c2)o1. The van der Waals surface area contributed by atoms with Gasteiger partial charge in [0.15, 0.2) is 5.17 Å². The Hall–Kier alpha value is -3.07. The van der Waals surface area contributed by atoms with Gasteiger partial charge in [0.05, 0.1) is 20.5 Å². The maximum absolute atomic E-state index is 12.3. The van der Waals surface area contributed by atoms with Crippen LogP contribution in [0.5, 0.6) is 0 Å². The summed E-state index contributed by atoms with van der Waals surface area (Å²) in [5.41, 5.74) is 0.838. The van der Waals surface area contributed by atoms with Crippen LogP contribution < -0.4 is 5.32 Å². The van der Waals surface area contributed by atoms with E-state index < -0.39 is 4.92 Å². The summed E-state index contributed by atoms with van der Waals surface area (Å²) in [4.78, 5) is 27.5. The van der Waals surface area contributed by atoms with Crippen LogP contribution in [0.25, 0.3) is 17.4 Å². The third-order valence-electron chi connectivity index (χ3n) is 4.05. The normalized spacial score (nSPS) is 16.3. The number of carbonyl (C=O) groups is 1. The van der Waals surface area contributed by atoms with Crippen LogP contribution in [0.2, 0.25) is 10.0 Å². The van der Waals surface area contributed by atoms with Gasteiger partial charge in [0.2, 0.25) is 0 Å². The van der Waals surface area contributed by atoms with Crippen LogP contribution in [0.3, 0.4) is 0 Å². The Morgan fingerprint density at radius 2 is 1.90 bits per heavy atom. The zero-order valence-electron chi connectivity index (χ0n) is 15.0. The molecule has 150 valence electrons. The molecule has 10 heteroatoms. The Balaban J connectivity index is 1.57. The van der Waals surface area contributed by atoms with Gasteiger partial charge in [0.1, 0.15) is 16.5 Å². The average molecular weight is 460 g/mol. The molecule has 0 bridgehead atoms. The van der Waals surface area contributed by atoms with E-state index in [9.17, 15) is 14.9 Å². The van der Waals surface area contributed by atoms with E-state index in [4.69, 9.17) is 27.6 Å². The van der Waals surface area contributed by atoms with Crippen molar-refractivity contribution in [1.82, 2.24) is 5.32 Å². The number of benzene rings is 2. The summed E-state index contributed by atoms with van der Waals surface area (Å²) in [7, 11) is 0. The van der Waals surface area contributed by atoms with Crippen molar-refractivity contribution < 1.29 is 14.1 Å². The average Bonchev–Trinajstić information content (AvgIpc) is 3.31. The van der Waals surface area contributed by atoms with E-state index in [-0.39, 0.29) is 16.6 Å². The molecule has 1 aromatic heterocycles. The Morgan fingerprint density at radius 1 is 1.10 bits per heavy atom. The van der Waals surface area contributed by atoms with Gasteiger partial charge in [0, 0.05) is 17.7 Å². The summed E-state index contributed by atoms with van der Waals surface area (Å²) in [6.45, 7) is 0. The Kier molecular flexibility index (Phi) is 5.63. The highest BCUT2D eigenvalue weighted by atomic mass is 35.5. The number of carbonyl (C=O) groups excluding carboxylic acids is 1. The lowest BCUT2D eigenvalue weighted by Crippen LogP contribution is -2.19. The van der Waals surface area contributed by atoms with Gasteiger partial charge < -0.3 is 9.73 Å². The third kappa shape index (κ3) is 4.25. The van der Waals surface area contributed by atoms with E-state index in [1.54, 1.807) is 48.5 Å². The fourth-order valence-electron chi connectivity index (χ4n) is 2.65. The van der Waals surface area contributed by atoms with Crippen LogP contribution in [0.1, 0.15) is 5.76 Å². The van der Waals surface area contributed by atoms with Gasteiger partial charge in [0.25, 0.3) is 11.6 Å². The molecular formula is C20H11Cl2N3O4S. The van der Waals surface area contributed by atoms with Gasteiger partial charge in [-0.25, -0.2) is 4.99 Å².